The van der Waals surface area contributed by atoms with E-state index in [0.717, 1.165) is 12.1 Å². The van der Waals surface area contributed by atoms with Crippen LogP contribution in [0.25, 0.3) is 0 Å². The Morgan fingerprint density at radius 2 is 1.43 bits per heavy atom. The van der Waals surface area contributed by atoms with Crippen LogP contribution in [0.4, 0.5) is 16.2 Å². The van der Waals surface area contributed by atoms with E-state index in [9.17, 15) is 9.90 Å². The number of benzene rings is 2. The van der Waals surface area contributed by atoms with E-state index in [2.05, 4.69) is 29.7 Å². The molecule has 2 amide bonds. The van der Waals surface area contributed by atoms with Crippen molar-refractivity contribution in [2.45, 2.75) is 39.0 Å². The number of unbranched alkanes of at least 4 members (excludes halogenated alkanes) is 3. The van der Waals surface area contributed by atoms with Gasteiger partial charge in [-0.15, -0.1) is 0 Å². The van der Waals surface area contributed by atoms with Crippen molar-refractivity contribution in [2.75, 3.05) is 10.6 Å². The summed E-state index contributed by atoms with van der Waals surface area (Å²) >= 11 is 0. The van der Waals surface area contributed by atoms with E-state index < -0.39 is 0 Å². The van der Waals surface area contributed by atoms with Gasteiger partial charge in [0.1, 0.15) is 5.75 Å². The third-order valence-corrected chi connectivity index (χ3v) is 3.66. The summed E-state index contributed by atoms with van der Waals surface area (Å²) in [5, 5.41) is 14.7. The largest absolute Gasteiger partial charge is 0.508 e. The number of phenolic OH excluding ortho intramolecular Hbond substituents is 1. The number of anilines is 2. The minimum Gasteiger partial charge on any atom is -0.508 e. The van der Waals surface area contributed by atoms with E-state index in [1.54, 1.807) is 12.1 Å². The third-order valence-electron chi connectivity index (χ3n) is 3.66. The first-order valence-corrected chi connectivity index (χ1v) is 8.13. The molecule has 0 spiro atoms. The predicted molar refractivity (Wildman–Crippen MR) is 95.0 cm³/mol. The topological polar surface area (TPSA) is 61.4 Å². The fourth-order valence-electron chi connectivity index (χ4n) is 2.35. The Balaban J connectivity index is 1.80. The molecule has 4 heteroatoms. The molecular formula is C19H24N2O2. The van der Waals surface area contributed by atoms with Gasteiger partial charge in [-0.1, -0.05) is 38.3 Å². The summed E-state index contributed by atoms with van der Waals surface area (Å²) in [5.74, 6) is 0.172. The van der Waals surface area contributed by atoms with Crippen LogP contribution in [-0.4, -0.2) is 11.1 Å². The molecule has 0 radical (unpaired) electrons. The van der Waals surface area contributed by atoms with Crippen molar-refractivity contribution in [3.05, 3.63) is 54.1 Å². The fourth-order valence-corrected chi connectivity index (χ4v) is 2.35. The molecular weight excluding hydrogens is 288 g/mol. The summed E-state index contributed by atoms with van der Waals surface area (Å²) in [6.45, 7) is 2.21. The van der Waals surface area contributed by atoms with Crippen LogP contribution in [0.1, 0.15) is 38.2 Å². The van der Waals surface area contributed by atoms with Gasteiger partial charge in [-0.25, -0.2) is 4.79 Å². The molecule has 2 rings (SSSR count). The monoisotopic (exact) mass is 312 g/mol. The second-order valence-electron chi connectivity index (χ2n) is 5.63. The lowest BCUT2D eigenvalue weighted by Gasteiger charge is -2.08. The van der Waals surface area contributed by atoms with Gasteiger partial charge >= 0.3 is 6.03 Å². The van der Waals surface area contributed by atoms with Gasteiger partial charge in [-0.2, -0.15) is 0 Å². The molecule has 0 unspecified atom stereocenters. The quantitative estimate of drug-likeness (QED) is 0.488. The van der Waals surface area contributed by atoms with Crippen molar-refractivity contribution in [3.8, 4) is 5.75 Å². The molecule has 0 saturated carbocycles. The number of amides is 2. The number of urea groups is 1. The van der Waals surface area contributed by atoms with Gasteiger partial charge < -0.3 is 15.7 Å². The van der Waals surface area contributed by atoms with Gasteiger partial charge in [0.25, 0.3) is 0 Å². The predicted octanol–water partition coefficient (Wildman–Crippen LogP) is 5.16. The average Bonchev–Trinajstić information content (AvgIpc) is 2.55. The highest BCUT2D eigenvalue weighted by molar-refractivity contribution is 5.99. The van der Waals surface area contributed by atoms with E-state index >= 15 is 0 Å². The maximum Gasteiger partial charge on any atom is 0.323 e. The Morgan fingerprint density at radius 1 is 0.870 bits per heavy atom. The van der Waals surface area contributed by atoms with E-state index in [4.69, 9.17) is 0 Å². The minimum atomic E-state index is -0.300. The molecule has 0 bridgehead atoms. The smallest absolute Gasteiger partial charge is 0.323 e. The first-order valence-electron chi connectivity index (χ1n) is 8.13. The Hall–Kier alpha value is -2.49. The Bertz CT molecular complexity index is 606. The number of carbonyl (C=O) groups is 1. The summed E-state index contributed by atoms with van der Waals surface area (Å²) in [7, 11) is 0. The highest BCUT2D eigenvalue weighted by atomic mass is 16.3. The zero-order valence-electron chi connectivity index (χ0n) is 13.5. The van der Waals surface area contributed by atoms with Crippen LogP contribution < -0.4 is 10.6 Å². The molecule has 122 valence electrons. The zero-order valence-corrected chi connectivity index (χ0v) is 13.5. The van der Waals surface area contributed by atoms with Gasteiger partial charge in [0.15, 0.2) is 0 Å². The molecule has 0 aliphatic heterocycles. The molecule has 0 aliphatic rings. The summed E-state index contributed by atoms with van der Waals surface area (Å²) in [5.41, 5.74) is 2.69. The van der Waals surface area contributed by atoms with Crippen molar-refractivity contribution in [1.29, 1.82) is 0 Å². The van der Waals surface area contributed by atoms with Crippen LogP contribution in [0, 0.1) is 0 Å². The molecule has 0 heterocycles. The SMILES string of the molecule is CCCCCCc1ccc(NC(=O)Nc2ccc(O)cc2)cc1. The normalized spacial score (nSPS) is 10.3. The van der Waals surface area contributed by atoms with Crippen LogP contribution in [0.15, 0.2) is 48.5 Å². The lowest BCUT2D eigenvalue weighted by molar-refractivity contribution is 0.262. The first-order chi connectivity index (χ1) is 11.2. The van der Waals surface area contributed by atoms with Gasteiger partial charge in [0.05, 0.1) is 0 Å². The van der Waals surface area contributed by atoms with Crippen LogP contribution >= 0.6 is 0 Å². The molecule has 4 nitrogen and oxygen atoms in total. The number of aryl methyl sites for hydroxylation is 1. The van der Waals surface area contributed by atoms with Crippen LogP contribution in [0.3, 0.4) is 0 Å². The standard InChI is InChI=1S/C19H24N2O2/c1-2-3-4-5-6-15-7-9-16(10-8-15)20-19(23)21-17-11-13-18(22)14-12-17/h7-14,22H,2-6H2,1H3,(H2,20,21,23). The molecule has 2 aromatic carbocycles. The second kappa shape index (κ2) is 8.83. The number of hydrogen-bond donors (Lipinski definition) is 3. The van der Waals surface area contributed by atoms with Crippen molar-refractivity contribution in [3.63, 3.8) is 0 Å². The molecule has 23 heavy (non-hydrogen) atoms. The van der Waals surface area contributed by atoms with Gasteiger partial charge in [0, 0.05) is 11.4 Å². The summed E-state index contributed by atoms with van der Waals surface area (Å²) < 4.78 is 0. The maximum atomic E-state index is 11.9. The number of rotatable bonds is 7. The summed E-state index contributed by atoms with van der Waals surface area (Å²) in [6, 6.07) is 14.0. The average molecular weight is 312 g/mol. The number of aromatic hydroxyl groups is 1. The van der Waals surface area contributed by atoms with Crippen LogP contribution in [-0.2, 0) is 6.42 Å². The van der Waals surface area contributed by atoms with Crippen molar-refractivity contribution < 1.29 is 9.90 Å². The third kappa shape index (κ3) is 6.02. The van der Waals surface area contributed by atoms with Crippen molar-refractivity contribution in [1.82, 2.24) is 0 Å². The molecule has 2 aromatic rings. The van der Waals surface area contributed by atoms with Crippen LogP contribution in [0.2, 0.25) is 0 Å². The summed E-state index contributed by atoms with van der Waals surface area (Å²) in [4.78, 5) is 11.9. The van der Waals surface area contributed by atoms with Gasteiger partial charge in [-0.05, 0) is 54.8 Å². The molecule has 0 aromatic heterocycles. The Kier molecular flexibility index (Phi) is 6.48. The van der Waals surface area contributed by atoms with Gasteiger partial charge in [0.2, 0.25) is 0 Å². The lowest BCUT2D eigenvalue weighted by Crippen LogP contribution is -2.19. The first kappa shape index (κ1) is 16.9. The molecule has 0 saturated heterocycles. The molecule has 0 fully saturated rings. The van der Waals surface area contributed by atoms with E-state index in [-0.39, 0.29) is 11.8 Å². The fraction of sp³-hybridized carbons (Fsp3) is 0.316. The molecule has 0 aliphatic carbocycles. The number of phenols is 1. The maximum absolute atomic E-state index is 11.9. The lowest BCUT2D eigenvalue weighted by atomic mass is 10.1. The highest BCUT2D eigenvalue weighted by Gasteiger charge is 2.03. The Morgan fingerprint density at radius 3 is 2.00 bits per heavy atom. The number of nitrogens with one attached hydrogen (secondary N) is 2. The van der Waals surface area contributed by atoms with Crippen molar-refractivity contribution >= 4 is 17.4 Å². The minimum absolute atomic E-state index is 0.172. The van der Waals surface area contributed by atoms with Crippen molar-refractivity contribution in [2.24, 2.45) is 0 Å². The Labute approximate surface area is 137 Å². The van der Waals surface area contributed by atoms with E-state index in [1.807, 2.05) is 12.1 Å². The van der Waals surface area contributed by atoms with Crippen LogP contribution in [0.5, 0.6) is 5.75 Å². The molecule has 3 N–H and O–H groups in total. The van der Waals surface area contributed by atoms with Gasteiger partial charge in [-0.3, -0.25) is 0 Å². The number of hydrogen-bond acceptors (Lipinski definition) is 2. The second-order valence-corrected chi connectivity index (χ2v) is 5.63. The number of carbonyl (C=O) groups excluding carboxylic acids is 1. The van der Waals surface area contributed by atoms with E-state index in [1.165, 1.54) is 43.4 Å². The zero-order chi connectivity index (χ0) is 16.5. The molecule has 0 atom stereocenters. The summed E-state index contributed by atoms with van der Waals surface area (Å²) in [6.07, 6.45) is 6.10. The highest BCUT2D eigenvalue weighted by Crippen LogP contribution is 2.15. The van der Waals surface area contributed by atoms with E-state index in [0.29, 0.717) is 5.69 Å².